The summed E-state index contributed by atoms with van der Waals surface area (Å²) in [5.74, 6) is -0.484. The Morgan fingerprint density at radius 3 is 2.59 bits per heavy atom. The second-order valence-electron chi connectivity index (χ2n) is 7.78. The van der Waals surface area contributed by atoms with Gasteiger partial charge in [0.15, 0.2) is 11.7 Å². The van der Waals surface area contributed by atoms with E-state index in [1.54, 1.807) is 0 Å². The maximum atomic E-state index is 13.0. The number of benzene rings is 2. The Kier molecular flexibility index (Phi) is 6.25. The van der Waals surface area contributed by atoms with Crippen LogP contribution in [0.1, 0.15) is 16.7 Å². The molecule has 2 heterocycles. The number of carboxylic acids is 1. The van der Waals surface area contributed by atoms with Gasteiger partial charge < -0.3 is 14.7 Å². The van der Waals surface area contributed by atoms with E-state index in [4.69, 9.17) is 9.84 Å². The number of carbonyl (C=O) groups is 1. The standard InChI is InChI=1S/C22H22F3N3O3S/c1-14-8-15(10-17(9-14)31-13-20(29)30)12-27-4-6-28(7-5-27)21-26-18-3-2-16(22(23,24)25)11-19(18)32-21/h2-3,8-11H,4-7,12-13H2,1H3,(H,29,30). The van der Waals surface area contributed by atoms with E-state index in [9.17, 15) is 18.0 Å². The second kappa shape index (κ2) is 8.95. The third-order valence-electron chi connectivity index (χ3n) is 5.23. The van der Waals surface area contributed by atoms with Crippen molar-refractivity contribution < 1.29 is 27.8 Å². The Hall–Kier alpha value is -2.85. The molecule has 6 nitrogen and oxygen atoms in total. The van der Waals surface area contributed by atoms with Gasteiger partial charge >= 0.3 is 12.1 Å². The topological polar surface area (TPSA) is 65.9 Å². The summed E-state index contributed by atoms with van der Waals surface area (Å²) in [6.07, 6.45) is -4.36. The Morgan fingerprint density at radius 1 is 1.16 bits per heavy atom. The molecule has 1 saturated heterocycles. The maximum Gasteiger partial charge on any atom is 0.416 e. The maximum absolute atomic E-state index is 13.0. The molecule has 1 aromatic heterocycles. The number of aliphatic carboxylic acids is 1. The number of hydrogen-bond acceptors (Lipinski definition) is 6. The molecule has 0 spiro atoms. The summed E-state index contributed by atoms with van der Waals surface area (Å²) in [6, 6.07) is 9.37. The zero-order valence-corrected chi connectivity index (χ0v) is 18.2. The predicted molar refractivity (Wildman–Crippen MR) is 116 cm³/mol. The summed E-state index contributed by atoms with van der Waals surface area (Å²) < 4.78 is 44.7. The van der Waals surface area contributed by atoms with E-state index >= 15 is 0 Å². The van der Waals surface area contributed by atoms with Crippen LogP contribution in [-0.4, -0.2) is 53.7 Å². The number of hydrogen-bond donors (Lipinski definition) is 1. The van der Waals surface area contributed by atoms with Crippen LogP contribution in [0.25, 0.3) is 10.2 Å². The molecule has 0 bridgehead atoms. The van der Waals surface area contributed by atoms with Crippen molar-refractivity contribution in [3.63, 3.8) is 0 Å². The number of fused-ring (bicyclic) bond motifs is 1. The highest BCUT2D eigenvalue weighted by molar-refractivity contribution is 7.22. The molecular weight excluding hydrogens is 443 g/mol. The quantitative estimate of drug-likeness (QED) is 0.582. The number of rotatable bonds is 6. The van der Waals surface area contributed by atoms with Crippen LogP contribution < -0.4 is 9.64 Å². The molecule has 1 fully saturated rings. The van der Waals surface area contributed by atoms with Gasteiger partial charge in [0.25, 0.3) is 0 Å². The largest absolute Gasteiger partial charge is 0.482 e. The fraction of sp³-hybridized carbons (Fsp3) is 0.364. The van der Waals surface area contributed by atoms with Gasteiger partial charge in [0.2, 0.25) is 0 Å². The third kappa shape index (κ3) is 5.31. The van der Waals surface area contributed by atoms with Gasteiger partial charge in [-0.1, -0.05) is 17.4 Å². The first kappa shape index (κ1) is 22.3. The van der Waals surface area contributed by atoms with Crippen molar-refractivity contribution in [3.05, 3.63) is 53.1 Å². The SMILES string of the molecule is Cc1cc(CN2CCN(c3nc4ccc(C(F)(F)F)cc4s3)CC2)cc(OCC(=O)O)c1. The Balaban J connectivity index is 1.39. The summed E-state index contributed by atoms with van der Waals surface area (Å²) in [5, 5.41) is 9.53. The van der Waals surface area contributed by atoms with Gasteiger partial charge in [-0.05, 0) is 48.4 Å². The molecule has 1 aliphatic rings. The van der Waals surface area contributed by atoms with Gasteiger partial charge in [-0.25, -0.2) is 9.78 Å². The van der Waals surface area contributed by atoms with E-state index in [-0.39, 0.29) is 6.61 Å². The fourth-order valence-electron chi connectivity index (χ4n) is 3.72. The average Bonchev–Trinajstić information content (AvgIpc) is 3.15. The van der Waals surface area contributed by atoms with Crippen molar-refractivity contribution in [2.75, 3.05) is 37.7 Å². The number of anilines is 1. The van der Waals surface area contributed by atoms with Crippen molar-refractivity contribution in [3.8, 4) is 5.75 Å². The number of piperazine rings is 1. The van der Waals surface area contributed by atoms with Gasteiger partial charge in [-0.15, -0.1) is 0 Å². The van der Waals surface area contributed by atoms with Gasteiger partial charge in [0, 0.05) is 32.7 Å². The number of ether oxygens (including phenoxy) is 1. The molecule has 2 aromatic carbocycles. The predicted octanol–water partition coefficient (Wildman–Crippen LogP) is 4.41. The molecule has 0 unspecified atom stereocenters. The Morgan fingerprint density at radius 2 is 1.91 bits per heavy atom. The minimum absolute atomic E-state index is 0.381. The Bertz CT molecular complexity index is 1120. The third-order valence-corrected chi connectivity index (χ3v) is 6.31. The molecule has 1 N–H and O–H groups in total. The zero-order chi connectivity index (χ0) is 22.9. The zero-order valence-electron chi connectivity index (χ0n) is 17.4. The van der Waals surface area contributed by atoms with Crippen LogP contribution >= 0.6 is 11.3 Å². The smallest absolute Gasteiger partial charge is 0.416 e. The van der Waals surface area contributed by atoms with E-state index in [1.165, 1.54) is 17.4 Å². The molecule has 10 heteroatoms. The van der Waals surface area contributed by atoms with Gasteiger partial charge in [-0.3, -0.25) is 4.90 Å². The van der Waals surface area contributed by atoms with Crippen LogP contribution in [-0.2, 0) is 17.5 Å². The molecule has 170 valence electrons. The van der Waals surface area contributed by atoms with E-state index in [1.807, 2.05) is 25.1 Å². The summed E-state index contributed by atoms with van der Waals surface area (Å²) >= 11 is 1.28. The van der Waals surface area contributed by atoms with Crippen molar-refractivity contribution >= 4 is 32.7 Å². The van der Waals surface area contributed by atoms with Crippen molar-refractivity contribution in [2.24, 2.45) is 0 Å². The lowest BCUT2D eigenvalue weighted by Gasteiger charge is -2.34. The molecular formula is C22H22F3N3O3S. The van der Waals surface area contributed by atoms with Crippen molar-refractivity contribution in [2.45, 2.75) is 19.6 Å². The van der Waals surface area contributed by atoms with Crippen molar-refractivity contribution in [1.82, 2.24) is 9.88 Å². The summed E-state index contributed by atoms with van der Waals surface area (Å²) in [4.78, 5) is 19.6. The van der Waals surface area contributed by atoms with Crippen LogP contribution in [0.2, 0.25) is 0 Å². The molecule has 3 aromatic rings. The molecule has 0 radical (unpaired) electrons. The number of alkyl halides is 3. The van der Waals surface area contributed by atoms with E-state index in [0.29, 0.717) is 22.5 Å². The van der Waals surface area contributed by atoms with E-state index in [0.717, 1.165) is 54.6 Å². The van der Waals surface area contributed by atoms with Gasteiger partial charge in [0.1, 0.15) is 5.75 Å². The number of halogens is 3. The lowest BCUT2D eigenvalue weighted by molar-refractivity contribution is -0.139. The number of aryl methyl sites for hydroxylation is 1. The molecule has 4 rings (SSSR count). The highest BCUT2D eigenvalue weighted by atomic mass is 32.1. The molecule has 32 heavy (non-hydrogen) atoms. The first-order valence-corrected chi connectivity index (χ1v) is 10.9. The van der Waals surface area contributed by atoms with Crippen LogP contribution in [0, 0.1) is 6.92 Å². The minimum atomic E-state index is -4.36. The molecule has 0 saturated carbocycles. The van der Waals surface area contributed by atoms with Gasteiger partial charge in [-0.2, -0.15) is 13.2 Å². The average molecular weight is 465 g/mol. The van der Waals surface area contributed by atoms with Crippen LogP contribution in [0.5, 0.6) is 5.75 Å². The number of thiazole rings is 1. The lowest BCUT2D eigenvalue weighted by Crippen LogP contribution is -2.45. The second-order valence-corrected chi connectivity index (χ2v) is 8.79. The van der Waals surface area contributed by atoms with E-state index in [2.05, 4.69) is 14.8 Å². The monoisotopic (exact) mass is 465 g/mol. The first-order chi connectivity index (χ1) is 15.2. The Labute approximate surface area is 186 Å². The summed E-state index contributed by atoms with van der Waals surface area (Å²) in [6.45, 7) is 5.26. The highest BCUT2D eigenvalue weighted by Crippen LogP contribution is 2.35. The summed E-state index contributed by atoms with van der Waals surface area (Å²) in [7, 11) is 0. The van der Waals surface area contributed by atoms with Crippen molar-refractivity contribution in [1.29, 1.82) is 0 Å². The van der Waals surface area contributed by atoms with Gasteiger partial charge in [0.05, 0.1) is 15.8 Å². The highest BCUT2D eigenvalue weighted by Gasteiger charge is 2.31. The first-order valence-electron chi connectivity index (χ1n) is 10.1. The summed E-state index contributed by atoms with van der Waals surface area (Å²) in [5.41, 5.74) is 1.96. The molecule has 0 atom stereocenters. The lowest BCUT2D eigenvalue weighted by atomic mass is 10.1. The fourth-order valence-corrected chi connectivity index (χ4v) is 4.78. The van der Waals surface area contributed by atoms with Crippen LogP contribution in [0.4, 0.5) is 18.3 Å². The molecule has 0 amide bonds. The number of nitrogens with zero attached hydrogens (tertiary/aromatic N) is 3. The number of carboxylic acid groups (broad SMARTS) is 1. The van der Waals surface area contributed by atoms with E-state index < -0.39 is 17.7 Å². The normalized spacial score (nSPS) is 15.3. The number of aromatic nitrogens is 1. The molecule has 1 aliphatic heterocycles. The van der Waals surface area contributed by atoms with Crippen LogP contribution in [0.15, 0.2) is 36.4 Å². The minimum Gasteiger partial charge on any atom is -0.482 e. The molecule has 0 aliphatic carbocycles. The van der Waals surface area contributed by atoms with Crippen LogP contribution in [0.3, 0.4) is 0 Å².